The lowest BCUT2D eigenvalue weighted by Gasteiger charge is -2.09. The van der Waals surface area contributed by atoms with Crippen LogP contribution in [0, 0.1) is 13.8 Å². The number of benzene rings is 1. The molecule has 0 heterocycles. The van der Waals surface area contributed by atoms with Gasteiger partial charge in [-0.25, -0.2) is 0 Å². The van der Waals surface area contributed by atoms with Crippen LogP contribution >= 0.6 is 11.6 Å². The van der Waals surface area contributed by atoms with Gasteiger partial charge in [0.2, 0.25) is 0 Å². The van der Waals surface area contributed by atoms with Crippen LogP contribution in [-0.4, -0.2) is 5.38 Å². The predicted molar refractivity (Wildman–Crippen MR) is 66.6 cm³/mol. The van der Waals surface area contributed by atoms with Gasteiger partial charge in [-0.3, -0.25) is 0 Å². The number of halogens is 1. The standard InChI is InChI=1S/C14H17Cl/c1-10-4-3-5-11(2)14(10)9-12-6-7-13(15)8-12/h3-5,8,13H,6-7,9H2,1-2H3. The summed E-state index contributed by atoms with van der Waals surface area (Å²) in [5, 5.41) is 0.268. The summed E-state index contributed by atoms with van der Waals surface area (Å²) in [6.45, 7) is 4.38. The largest absolute Gasteiger partial charge is 0.118 e. The molecule has 0 nitrogen and oxygen atoms in total. The lowest BCUT2D eigenvalue weighted by atomic mass is 9.96. The Morgan fingerprint density at radius 1 is 1.27 bits per heavy atom. The minimum absolute atomic E-state index is 0.268. The molecular weight excluding hydrogens is 204 g/mol. The Morgan fingerprint density at radius 2 is 1.93 bits per heavy atom. The first-order chi connectivity index (χ1) is 7.16. The number of aryl methyl sites for hydroxylation is 2. The quantitative estimate of drug-likeness (QED) is 0.518. The molecule has 0 fully saturated rings. The average molecular weight is 221 g/mol. The normalized spacial score (nSPS) is 20.5. The third-order valence-corrected chi connectivity index (χ3v) is 3.55. The minimum Gasteiger partial charge on any atom is -0.118 e. The molecule has 80 valence electrons. The molecule has 0 spiro atoms. The highest BCUT2D eigenvalue weighted by Gasteiger charge is 2.14. The first-order valence-corrected chi connectivity index (χ1v) is 5.99. The molecule has 1 unspecified atom stereocenters. The second-order valence-corrected chi connectivity index (χ2v) is 4.99. The summed E-state index contributed by atoms with van der Waals surface area (Å²) in [5.41, 5.74) is 5.78. The highest BCUT2D eigenvalue weighted by molar-refractivity contribution is 6.22. The average Bonchev–Trinajstić information content (AvgIpc) is 2.58. The van der Waals surface area contributed by atoms with Gasteiger partial charge in [-0.2, -0.15) is 0 Å². The van der Waals surface area contributed by atoms with E-state index < -0.39 is 0 Å². The van der Waals surface area contributed by atoms with E-state index >= 15 is 0 Å². The van der Waals surface area contributed by atoms with Gasteiger partial charge < -0.3 is 0 Å². The fraction of sp³-hybridized carbons (Fsp3) is 0.429. The fourth-order valence-corrected chi connectivity index (χ4v) is 2.54. The summed E-state index contributed by atoms with van der Waals surface area (Å²) >= 11 is 6.08. The summed E-state index contributed by atoms with van der Waals surface area (Å²) in [7, 11) is 0. The fourth-order valence-electron chi connectivity index (χ4n) is 2.25. The van der Waals surface area contributed by atoms with Crippen molar-refractivity contribution in [2.75, 3.05) is 0 Å². The number of hydrogen-bond acceptors (Lipinski definition) is 0. The van der Waals surface area contributed by atoms with Crippen molar-refractivity contribution in [1.29, 1.82) is 0 Å². The van der Waals surface area contributed by atoms with Crippen LogP contribution in [-0.2, 0) is 6.42 Å². The van der Waals surface area contributed by atoms with Crippen molar-refractivity contribution in [3.05, 3.63) is 46.5 Å². The van der Waals surface area contributed by atoms with E-state index in [1.165, 1.54) is 28.7 Å². The molecule has 1 aromatic carbocycles. The van der Waals surface area contributed by atoms with E-state index in [1.54, 1.807) is 0 Å². The second kappa shape index (κ2) is 4.40. The van der Waals surface area contributed by atoms with Crippen LogP contribution in [0.2, 0.25) is 0 Å². The molecule has 0 N–H and O–H groups in total. The monoisotopic (exact) mass is 220 g/mol. The van der Waals surface area contributed by atoms with E-state index in [1.807, 2.05) is 0 Å². The van der Waals surface area contributed by atoms with Crippen molar-refractivity contribution in [3.8, 4) is 0 Å². The molecule has 0 saturated heterocycles. The smallest absolute Gasteiger partial charge is 0.0521 e. The first-order valence-electron chi connectivity index (χ1n) is 5.55. The Hall–Kier alpha value is -0.750. The highest BCUT2D eigenvalue weighted by Crippen LogP contribution is 2.27. The van der Waals surface area contributed by atoms with Gasteiger partial charge in [0.25, 0.3) is 0 Å². The summed E-state index contributed by atoms with van der Waals surface area (Å²) < 4.78 is 0. The van der Waals surface area contributed by atoms with E-state index in [4.69, 9.17) is 11.6 Å². The zero-order chi connectivity index (χ0) is 10.8. The van der Waals surface area contributed by atoms with E-state index in [9.17, 15) is 0 Å². The number of hydrogen-bond donors (Lipinski definition) is 0. The molecule has 0 aliphatic heterocycles. The van der Waals surface area contributed by atoms with Gasteiger partial charge in [0.1, 0.15) is 0 Å². The van der Waals surface area contributed by atoms with Crippen LogP contribution in [0.5, 0.6) is 0 Å². The summed E-state index contributed by atoms with van der Waals surface area (Å²) in [6, 6.07) is 6.51. The maximum Gasteiger partial charge on any atom is 0.0521 e. The van der Waals surface area contributed by atoms with Crippen LogP contribution in [0.15, 0.2) is 29.8 Å². The van der Waals surface area contributed by atoms with Gasteiger partial charge in [-0.1, -0.05) is 29.8 Å². The highest BCUT2D eigenvalue weighted by atomic mass is 35.5. The Labute approximate surface area is 97.0 Å². The van der Waals surface area contributed by atoms with E-state index in [0.29, 0.717) is 0 Å². The van der Waals surface area contributed by atoms with E-state index in [0.717, 1.165) is 12.8 Å². The van der Waals surface area contributed by atoms with Crippen molar-refractivity contribution in [2.45, 2.75) is 38.5 Å². The summed E-state index contributed by atoms with van der Waals surface area (Å²) in [5.74, 6) is 0. The number of rotatable bonds is 2. The molecular formula is C14H17Cl. The molecule has 1 aromatic rings. The van der Waals surface area contributed by atoms with Gasteiger partial charge >= 0.3 is 0 Å². The summed E-state index contributed by atoms with van der Waals surface area (Å²) in [4.78, 5) is 0. The second-order valence-electron chi connectivity index (χ2n) is 4.43. The van der Waals surface area contributed by atoms with Crippen LogP contribution in [0.3, 0.4) is 0 Å². The van der Waals surface area contributed by atoms with Crippen LogP contribution in [0.1, 0.15) is 29.5 Å². The Bertz CT molecular complexity index is 370. The summed E-state index contributed by atoms with van der Waals surface area (Å²) in [6.07, 6.45) is 5.60. The SMILES string of the molecule is Cc1cccc(C)c1CC1=CC(Cl)CC1. The van der Waals surface area contributed by atoms with Gasteiger partial charge in [0.05, 0.1) is 5.38 Å². The Balaban J connectivity index is 2.21. The lowest BCUT2D eigenvalue weighted by molar-refractivity contribution is 0.888. The zero-order valence-corrected chi connectivity index (χ0v) is 10.1. The van der Waals surface area contributed by atoms with Crippen molar-refractivity contribution in [1.82, 2.24) is 0 Å². The van der Waals surface area contributed by atoms with Crippen LogP contribution < -0.4 is 0 Å². The van der Waals surface area contributed by atoms with E-state index in [-0.39, 0.29) is 5.38 Å². The molecule has 0 aromatic heterocycles. The molecule has 1 aliphatic carbocycles. The topological polar surface area (TPSA) is 0 Å². The minimum atomic E-state index is 0.268. The number of allylic oxidation sites excluding steroid dienone is 2. The van der Waals surface area contributed by atoms with E-state index in [2.05, 4.69) is 38.1 Å². The van der Waals surface area contributed by atoms with Gasteiger partial charge in [-0.05, 0) is 49.8 Å². The van der Waals surface area contributed by atoms with Gasteiger partial charge in [0, 0.05) is 0 Å². The third-order valence-electron chi connectivity index (χ3n) is 3.21. The van der Waals surface area contributed by atoms with Crippen LogP contribution in [0.4, 0.5) is 0 Å². The molecule has 0 radical (unpaired) electrons. The molecule has 0 bridgehead atoms. The first kappa shape index (κ1) is 10.8. The predicted octanol–water partition coefficient (Wildman–Crippen LogP) is 4.17. The van der Waals surface area contributed by atoms with Crippen LogP contribution in [0.25, 0.3) is 0 Å². The Kier molecular flexibility index (Phi) is 3.16. The Morgan fingerprint density at radius 3 is 2.47 bits per heavy atom. The molecule has 15 heavy (non-hydrogen) atoms. The zero-order valence-electron chi connectivity index (χ0n) is 9.39. The lowest BCUT2D eigenvalue weighted by Crippen LogP contribution is -1.95. The van der Waals surface area contributed by atoms with Gasteiger partial charge in [0.15, 0.2) is 0 Å². The maximum absolute atomic E-state index is 6.08. The number of alkyl halides is 1. The molecule has 2 rings (SSSR count). The molecule has 0 amide bonds. The van der Waals surface area contributed by atoms with Crippen molar-refractivity contribution >= 4 is 11.6 Å². The molecule has 1 heteroatoms. The molecule has 0 saturated carbocycles. The molecule has 1 atom stereocenters. The van der Waals surface area contributed by atoms with Gasteiger partial charge in [-0.15, -0.1) is 11.6 Å². The molecule has 1 aliphatic rings. The van der Waals surface area contributed by atoms with Crippen molar-refractivity contribution < 1.29 is 0 Å². The maximum atomic E-state index is 6.08. The van der Waals surface area contributed by atoms with Crippen molar-refractivity contribution in [3.63, 3.8) is 0 Å². The van der Waals surface area contributed by atoms with Crippen molar-refractivity contribution in [2.24, 2.45) is 0 Å². The third kappa shape index (κ3) is 2.43.